The van der Waals surface area contributed by atoms with Crippen LogP contribution in [0.2, 0.25) is 0 Å². The van der Waals surface area contributed by atoms with E-state index in [4.69, 9.17) is 4.74 Å². The summed E-state index contributed by atoms with van der Waals surface area (Å²) in [5.74, 6) is -8.66. The van der Waals surface area contributed by atoms with Gasteiger partial charge in [-0.1, -0.05) is 17.7 Å². The molecule has 1 heterocycles. The minimum absolute atomic E-state index is 0.0509. The normalized spacial score (nSPS) is 9.68. The minimum Gasteiger partial charge on any atom is -0.427 e. The van der Waals surface area contributed by atoms with Gasteiger partial charge in [0.2, 0.25) is 23.3 Å². The lowest BCUT2D eigenvalue weighted by Crippen LogP contribution is -2.09. The Labute approximate surface area is 193 Å². The number of halogens is 4. The molecule has 2 aromatic carbocycles. The SMILES string of the molecule is CC(=O)Oc1c(F)c(F)c(C)c(F)c1F.CC(=O)Oc1ccc(C)cc1.CC(=O)n1cccc1. The van der Waals surface area contributed by atoms with Crippen LogP contribution in [0.15, 0.2) is 48.8 Å². The number of ether oxygens (including phenoxy) is 2. The van der Waals surface area contributed by atoms with Gasteiger partial charge in [-0.25, -0.2) is 8.78 Å². The van der Waals surface area contributed by atoms with Crippen LogP contribution in [0.1, 0.15) is 36.7 Å². The fourth-order valence-corrected chi connectivity index (χ4v) is 2.27. The Morgan fingerprint density at radius 2 is 1.15 bits per heavy atom. The summed E-state index contributed by atoms with van der Waals surface area (Å²) >= 11 is 0. The van der Waals surface area contributed by atoms with Gasteiger partial charge in [0, 0.05) is 38.7 Å². The molecule has 182 valence electrons. The van der Waals surface area contributed by atoms with Crippen molar-refractivity contribution in [2.75, 3.05) is 0 Å². The molecule has 10 heteroatoms. The van der Waals surface area contributed by atoms with Gasteiger partial charge in [0.25, 0.3) is 0 Å². The van der Waals surface area contributed by atoms with Crippen LogP contribution in [0.3, 0.4) is 0 Å². The van der Waals surface area contributed by atoms with Crippen molar-refractivity contribution in [3.63, 3.8) is 0 Å². The Hall–Kier alpha value is -3.95. The molecule has 3 rings (SSSR count). The highest BCUT2D eigenvalue weighted by Crippen LogP contribution is 2.29. The monoisotopic (exact) mass is 481 g/mol. The molecule has 0 N–H and O–H groups in total. The summed E-state index contributed by atoms with van der Waals surface area (Å²) in [6, 6.07) is 11.0. The summed E-state index contributed by atoms with van der Waals surface area (Å²) in [7, 11) is 0. The Balaban J connectivity index is 0.000000268. The summed E-state index contributed by atoms with van der Waals surface area (Å²) in [5.41, 5.74) is 0.349. The zero-order valence-corrected chi connectivity index (χ0v) is 19.1. The molecule has 0 fully saturated rings. The maximum absolute atomic E-state index is 13.0. The average Bonchev–Trinajstić information content (AvgIpc) is 3.32. The molecule has 0 atom stereocenters. The fraction of sp³-hybridized carbons (Fsp3) is 0.208. The van der Waals surface area contributed by atoms with Gasteiger partial charge in [0.05, 0.1) is 0 Å². The second kappa shape index (κ2) is 12.9. The van der Waals surface area contributed by atoms with E-state index in [0.717, 1.165) is 19.4 Å². The number of hydrogen-bond donors (Lipinski definition) is 0. The number of aromatic nitrogens is 1. The summed E-state index contributed by atoms with van der Waals surface area (Å²) in [6.45, 7) is 6.63. The summed E-state index contributed by atoms with van der Waals surface area (Å²) in [6.07, 6.45) is 3.45. The third-order valence-electron chi connectivity index (χ3n) is 3.94. The standard InChI is InChI=1S/C9H6F4O2.C9H10O2.C6H7NO/c1-3-5(10)7(12)9(15-4(2)14)8(13)6(3)11;1-7-3-5-9(6-4-7)11-8(2)10;1-6(8)7-4-2-3-5-7/h1-2H3;3-6H,1-2H3;2-5H,1H3. The molecule has 1 aromatic heterocycles. The second-order valence-corrected chi connectivity index (χ2v) is 6.82. The van der Waals surface area contributed by atoms with Gasteiger partial charge in [0.1, 0.15) is 5.75 Å². The molecule has 3 aromatic rings. The fourth-order valence-electron chi connectivity index (χ4n) is 2.27. The van der Waals surface area contributed by atoms with E-state index in [1.165, 1.54) is 18.4 Å². The van der Waals surface area contributed by atoms with E-state index in [-0.39, 0.29) is 11.9 Å². The molecular weight excluding hydrogens is 458 g/mol. The first-order valence-electron chi connectivity index (χ1n) is 9.75. The van der Waals surface area contributed by atoms with E-state index in [9.17, 15) is 31.9 Å². The molecule has 0 aliphatic heterocycles. The van der Waals surface area contributed by atoms with Crippen molar-refractivity contribution >= 4 is 17.8 Å². The van der Waals surface area contributed by atoms with Gasteiger partial charge in [-0.3, -0.25) is 19.0 Å². The van der Waals surface area contributed by atoms with Crippen LogP contribution in [0, 0.1) is 37.1 Å². The molecule has 0 spiro atoms. The zero-order valence-electron chi connectivity index (χ0n) is 19.1. The third kappa shape index (κ3) is 8.53. The van der Waals surface area contributed by atoms with Gasteiger partial charge >= 0.3 is 11.9 Å². The van der Waals surface area contributed by atoms with E-state index >= 15 is 0 Å². The average molecular weight is 481 g/mol. The Bertz CT molecular complexity index is 1110. The number of nitrogens with zero attached hydrogens (tertiary/aromatic N) is 1. The first-order valence-corrected chi connectivity index (χ1v) is 9.75. The smallest absolute Gasteiger partial charge is 0.308 e. The van der Waals surface area contributed by atoms with Crippen molar-refractivity contribution < 1.29 is 41.4 Å². The van der Waals surface area contributed by atoms with Gasteiger partial charge in [-0.05, 0) is 38.1 Å². The van der Waals surface area contributed by atoms with Crippen molar-refractivity contribution in [1.82, 2.24) is 4.57 Å². The molecule has 0 aliphatic carbocycles. The molecule has 6 nitrogen and oxygen atoms in total. The number of hydrogen-bond acceptors (Lipinski definition) is 5. The highest BCUT2D eigenvalue weighted by Gasteiger charge is 2.25. The first-order chi connectivity index (χ1) is 15.8. The summed E-state index contributed by atoms with van der Waals surface area (Å²) in [4.78, 5) is 31.4. The van der Waals surface area contributed by atoms with Crippen LogP contribution in [-0.2, 0) is 9.59 Å². The second-order valence-electron chi connectivity index (χ2n) is 6.82. The molecule has 0 saturated heterocycles. The van der Waals surface area contributed by atoms with Crippen molar-refractivity contribution in [3.05, 3.63) is 83.2 Å². The van der Waals surface area contributed by atoms with Crippen LogP contribution in [0.5, 0.6) is 11.5 Å². The Morgan fingerprint density at radius 3 is 1.50 bits per heavy atom. The highest BCUT2D eigenvalue weighted by molar-refractivity contribution is 5.75. The molecule has 34 heavy (non-hydrogen) atoms. The maximum atomic E-state index is 13.0. The lowest BCUT2D eigenvalue weighted by atomic mass is 10.2. The number of carbonyl (C=O) groups is 3. The number of aryl methyl sites for hydroxylation is 1. The van der Waals surface area contributed by atoms with E-state index in [2.05, 4.69) is 4.74 Å². The molecular formula is C24H23F4NO5. The van der Waals surface area contributed by atoms with Crippen LogP contribution >= 0.6 is 0 Å². The number of esters is 2. The van der Waals surface area contributed by atoms with Crippen molar-refractivity contribution in [2.45, 2.75) is 34.6 Å². The molecule has 0 bridgehead atoms. The Morgan fingerprint density at radius 1 is 0.706 bits per heavy atom. The molecule has 0 aliphatic rings. The van der Waals surface area contributed by atoms with E-state index in [1.807, 2.05) is 31.2 Å². The van der Waals surface area contributed by atoms with Crippen molar-refractivity contribution in [1.29, 1.82) is 0 Å². The minimum atomic E-state index is -1.72. The predicted octanol–water partition coefficient (Wildman–Crippen LogP) is 5.55. The maximum Gasteiger partial charge on any atom is 0.308 e. The van der Waals surface area contributed by atoms with Crippen molar-refractivity contribution in [3.8, 4) is 11.5 Å². The molecule has 0 amide bonds. The summed E-state index contributed by atoms with van der Waals surface area (Å²) in [5, 5.41) is 0. The van der Waals surface area contributed by atoms with Crippen molar-refractivity contribution in [2.24, 2.45) is 0 Å². The number of rotatable bonds is 2. The molecule has 0 radical (unpaired) electrons. The summed E-state index contributed by atoms with van der Waals surface area (Å²) < 4.78 is 62.2. The third-order valence-corrected chi connectivity index (χ3v) is 3.94. The predicted molar refractivity (Wildman–Crippen MR) is 116 cm³/mol. The highest BCUT2D eigenvalue weighted by atomic mass is 19.2. The van der Waals surface area contributed by atoms with Gasteiger partial charge in [-0.2, -0.15) is 8.78 Å². The van der Waals surface area contributed by atoms with E-state index in [1.54, 1.807) is 24.5 Å². The van der Waals surface area contributed by atoms with Gasteiger partial charge in [-0.15, -0.1) is 0 Å². The van der Waals surface area contributed by atoms with E-state index in [0.29, 0.717) is 5.75 Å². The lowest BCUT2D eigenvalue weighted by Gasteiger charge is -2.08. The molecule has 0 saturated carbocycles. The van der Waals surface area contributed by atoms with E-state index < -0.39 is 40.6 Å². The zero-order chi connectivity index (χ0) is 26.0. The van der Waals surface area contributed by atoms with Gasteiger partial charge in [0.15, 0.2) is 11.6 Å². The van der Waals surface area contributed by atoms with Crippen LogP contribution in [-0.4, -0.2) is 22.4 Å². The van der Waals surface area contributed by atoms with Gasteiger partial charge < -0.3 is 9.47 Å². The Kier molecular flexibility index (Phi) is 10.7. The van der Waals surface area contributed by atoms with Crippen LogP contribution < -0.4 is 9.47 Å². The number of carbonyl (C=O) groups excluding carboxylic acids is 3. The largest absolute Gasteiger partial charge is 0.427 e. The molecule has 0 unspecified atom stereocenters. The topological polar surface area (TPSA) is 74.6 Å². The lowest BCUT2D eigenvalue weighted by molar-refractivity contribution is -0.133. The van der Waals surface area contributed by atoms with Crippen LogP contribution in [0.4, 0.5) is 17.6 Å². The first kappa shape index (κ1) is 28.1. The quantitative estimate of drug-likeness (QED) is 0.208. The number of benzene rings is 2. The van der Waals surface area contributed by atoms with Crippen LogP contribution in [0.25, 0.3) is 0 Å².